The first-order valence-electron chi connectivity index (χ1n) is 6.76. The Labute approximate surface area is 121 Å². The van der Waals surface area contributed by atoms with Gasteiger partial charge in [0.1, 0.15) is 4.90 Å². The highest BCUT2D eigenvalue weighted by Gasteiger charge is 2.20. The third-order valence-electron chi connectivity index (χ3n) is 3.15. The van der Waals surface area contributed by atoms with Crippen LogP contribution >= 0.6 is 0 Å². The van der Waals surface area contributed by atoms with E-state index in [1.165, 1.54) is 18.4 Å². The SMILES string of the molecule is CC(CO)CCCNc1ccccc1S(=O)(=O)N(C)C. The number of aliphatic hydroxyl groups excluding tert-OH is 1. The number of sulfonamides is 1. The monoisotopic (exact) mass is 300 g/mol. The topological polar surface area (TPSA) is 69.6 Å². The average Bonchev–Trinajstić information content (AvgIpc) is 2.43. The Balaban J connectivity index is 2.72. The molecule has 1 rings (SSSR count). The van der Waals surface area contributed by atoms with E-state index >= 15 is 0 Å². The van der Waals surface area contributed by atoms with Crippen LogP contribution in [-0.2, 0) is 10.0 Å². The fourth-order valence-corrected chi connectivity index (χ4v) is 2.86. The summed E-state index contributed by atoms with van der Waals surface area (Å²) < 4.78 is 25.6. The third kappa shape index (κ3) is 4.47. The lowest BCUT2D eigenvalue weighted by atomic mass is 10.1. The van der Waals surface area contributed by atoms with Gasteiger partial charge in [-0.15, -0.1) is 0 Å². The van der Waals surface area contributed by atoms with Crippen molar-refractivity contribution in [3.05, 3.63) is 24.3 Å². The van der Waals surface area contributed by atoms with Crippen LogP contribution in [0.2, 0.25) is 0 Å². The molecule has 0 aliphatic heterocycles. The predicted octanol–water partition coefficient (Wildman–Crippen LogP) is 1.76. The van der Waals surface area contributed by atoms with E-state index in [2.05, 4.69) is 5.32 Å². The van der Waals surface area contributed by atoms with Crippen molar-refractivity contribution in [2.24, 2.45) is 5.92 Å². The van der Waals surface area contributed by atoms with Gasteiger partial charge in [-0.1, -0.05) is 19.1 Å². The number of nitrogens with zero attached hydrogens (tertiary/aromatic N) is 1. The molecule has 1 aromatic carbocycles. The second-order valence-corrected chi connectivity index (χ2v) is 7.26. The van der Waals surface area contributed by atoms with Gasteiger partial charge in [0.25, 0.3) is 0 Å². The molecule has 0 aliphatic carbocycles. The highest BCUT2D eigenvalue weighted by molar-refractivity contribution is 7.89. The molecule has 0 fully saturated rings. The van der Waals surface area contributed by atoms with Crippen molar-refractivity contribution in [2.45, 2.75) is 24.7 Å². The maximum atomic E-state index is 12.2. The van der Waals surface area contributed by atoms with Crippen molar-refractivity contribution in [2.75, 3.05) is 32.6 Å². The number of para-hydroxylation sites is 1. The first kappa shape index (κ1) is 16.9. The Hall–Kier alpha value is -1.11. The summed E-state index contributed by atoms with van der Waals surface area (Å²) in [7, 11) is -0.389. The smallest absolute Gasteiger partial charge is 0.244 e. The van der Waals surface area contributed by atoms with Gasteiger partial charge >= 0.3 is 0 Å². The summed E-state index contributed by atoms with van der Waals surface area (Å²) >= 11 is 0. The number of hydrogen-bond acceptors (Lipinski definition) is 4. The first-order valence-corrected chi connectivity index (χ1v) is 8.20. The van der Waals surface area contributed by atoms with Crippen molar-refractivity contribution in [1.29, 1.82) is 0 Å². The molecule has 0 radical (unpaired) electrons. The van der Waals surface area contributed by atoms with Gasteiger partial charge in [-0.05, 0) is 30.9 Å². The van der Waals surface area contributed by atoms with E-state index in [-0.39, 0.29) is 12.5 Å². The Morgan fingerprint density at radius 2 is 1.95 bits per heavy atom. The highest BCUT2D eigenvalue weighted by Crippen LogP contribution is 2.23. The van der Waals surface area contributed by atoms with Crippen LogP contribution in [-0.4, -0.2) is 45.1 Å². The van der Waals surface area contributed by atoms with Crippen molar-refractivity contribution in [3.63, 3.8) is 0 Å². The van der Waals surface area contributed by atoms with Crippen LogP contribution in [0.15, 0.2) is 29.2 Å². The summed E-state index contributed by atoms with van der Waals surface area (Å²) in [6.45, 7) is 2.86. The van der Waals surface area contributed by atoms with Crippen LogP contribution in [0.5, 0.6) is 0 Å². The number of nitrogens with one attached hydrogen (secondary N) is 1. The molecule has 1 aromatic rings. The standard InChI is InChI=1S/C14H24N2O3S/c1-12(11-17)7-6-10-15-13-8-4-5-9-14(13)20(18,19)16(2)3/h4-5,8-9,12,15,17H,6-7,10-11H2,1-3H3. The fourth-order valence-electron chi connectivity index (χ4n) is 1.80. The number of aliphatic hydroxyl groups is 1. The number of hydrogen-bond donors (Lipinski definition) is 2. The lowest BCUT2D eigenvalue weighted by Gasteiger charge is -2.16. The molecule has 6 heteroatoms. The lowest BCUT2D eigenvalue weighted by molar-refractivity contribution is 0.229. The molecule has 114 valence electrons. The lowest BCUT2D eigenvalue weighted by Crippen LogP contribution is -2.23. The van der Waals surface area contributed by atoms with Gasteiger partial charge < -0.3 is 10.4 Å². The van der Waals surface area contributed by atoms with Gasteiger partial charge in [-0.25, -0.2) is 12.7 Å². The van der Waals surface area contributed by atoms with Gasteiger partial charge in [-0.3, -0.25) is 0 Å². The minimum Gasteiger partial charge on any atom is -0.396 e. The molecule has 0 saturated heterocycles. The van der Waals surface area contributed by atoms with E-state index < -0.39 is 10.0 Å². The molecule has 0 bridgehead atoms. The van der Waals surface area contributed by atoms with E-state index in [1.54, 1.807) is 18.2 Å². The van der Waals surface area contributed by atoms with E-state index in [4.69, 9.17) is 5.11 Å². The summed E-state index contributed by atoms with van der Waals surface area (Å²) in [6, 6.07) is 6.91. The second kappa shape index (κ2) is 7.61. The summed E-state index contributed by atoms with van der Waals surface area (Å²) in [6.07, 6.45) is 1.80. The molecule has 1 atom stereocenters. The summed E-state index contributed by atoms with van der Waals surface area (Å²) in [5.74, 6) is 0.276. The van der Waals surface area contributed by atoms with Crippen molar-refractivity contribution in [3.8, 4) is 0 Å². The highest BCUT2D eigenvalue weighted by atomic mass is 32.2. The van der Waals surface area contributed by atoms with Gasteiger partial charge in [0, 0.05) is 27.2 Å². The van der Waals surface area contributed by atoms with Crippen LogP contribution in [0.25, 0.3) is 0 Å². The van der Waals surface area contributed by atoms with E-state index in [1.807, 2.05) is 13.0 Å². The molecule has 5 nitrogen and oxygen atoms in total. The zero-order valence-corrected chi connectivity index (χ0v) is 13.2. The van der Waals surface area contributed by atoms with Crippen molar-refractivity contribution < 1.29 is 13.5 Å². The maximum Gasteiger partial charge on any atom is 0.244 e. The molecule has 0 saturated carbocycles. The van der Waals surface area contributed by atoms with Crippen LogP contribution in [0.3, 0.4) is 0 Å². The van der Waals surface area contributed by atoms with E-state index in [0.717, 1.165) is 12.8 Å². The second-order valence-electron chi connectivity index (χ2n) is 5.14. The largest absolute Gasteiger partial charge is 0.396 e. The van der Waals surface area contributed by atoms with Gasteiger partial charge in [0.05, 0.1) is 5.69 Å². The molecule has 1 unspecified atom stereocenters. The molecular formula is C14H24N2O3S. The van der Waals surface area contributed by atoms with Crippen LogP contribution in [0.1, 0.15) is 19.8 Å². The summed E-state index contributed by atoms with van der Waals surface area (Å²) in [4.78, 5) is 0.292. The molecule has 0 heterocycles. The summed E-state index contributed by atoms with van der Waals surface area (Å²) in [5.41, 5.74) is 0.623. The molecule has 20 heavy (non-hydrogen) atoms. The molecule has 2 N–H and O–H groups in total. The maximum absolute atomic E-state index is 12.2. The van der Waals surface area contributed by atoms with Crippen LogP contribution < -0.4 is 5.32 Å². The minimum absolute atomic E-state index is 0.186. The van der Waals surface area contributed by atoms with E-state index in [0.29, 0.717) is 17.1 Å². The van der Waals surface area contributed by atoms with Gasteiger partial charge in [0.15, 0.2) is 0 Å². The van der Waals surface area contributed by atoms with Gasteiger partial charge in [-0.2, -0.15) is 0 Å². The van der Waals surface area contributed by atoms with Gasteiger partial charge in [0.2, 0.25) is 10.0 Å². The van der Waals surface area contributed by atoms with Crippen molar-refractivity contribution in [1.82, 2.24) is 4.31 Å². The Morgan fingerprint density at radius 1 is 1.30 bits per heavy atom. The predicted molar refractivity (Wildman–Crippen MR) is 81.3 cm³/mol. The van der Waals surface area contributed by atoms with Crippen molar-refractivity contribution >= 4 is 15.7 Å². The molecule has 0 amide bonds. The van der Waals surface area contributed by atoms with Crippen LogP contribution in [0.4, 0.5) is 5.69 Å². The number of anilines is 1. The number of benzene rings is 1. The van der Waals surface area contributed by atoms with E-state index in [9.17, 15) is 8.42 Å². The molecule has 0 spiro atoms. The minimum atomic E-state index is -3.43. The Bertz CT molecular complexity index is 515. The first-order chi connectivity index (χ1) is 9.39. The number of rotatable bonds is 8. The zero-order chi connectivity index (χ0) is 15.2. The Morgan fingerprint density at radius 3 is 2.55 bits per heavy atom. The molecular weight excluding hydrogens is 276 g/mol. The molecule has 0 aromatic heterocycles. The van der Waals surface area contributed by atoms with Crippen LogP contribution in [0, 0.1) is 5.92 Å². The third-order valence-corrected chi connectivity index (χ3v) is 5.02. The quantitative estimate of drug-likeness (QED) is 0.718. The zero-order valence-electron chi connectivity index (χ0n) is 12.3. The molecule has 0 aliphatic rings. The fraction of sp³-hybridized carbons (Fsp3) is 0.571. The normalized spacial score (nSPS) is 13.4. The summed E-state index contributed by atoms with van der Waals surface area (Å²) in [5, 5.41) is 12.1. The average molecular weight is 300 g/mol. The Kier molecular flexibility index (Phi) is 6.45.